The van der Waals surface area contributed by atoms with Gasteiger partial charge in [-0.1, -0.05) is 27.2 Å². The van der Waals surface area contributed by atoms with Crippen LogP contribution in [0.25, 0.3) is 0 Å². The quantitative estimate of drug-likeness (QED) is 0.846. The van der Waals surface area contributed by atoms with Crippen molar-refractivity contribution in [3.8, 4) is 0 Å². The first-order valence-corrected chi connectivity index (χ1v) is 9.27. The van der Waals surface area contributed by atoms with E-state index in [0.717, 1.165) is 18.4 Å². The number of hydrogen-bond acceptors (Lipinski definition) is 3. The van der Waals surface area contributed by atoms with Crippen LogP contribution in [0.1, 0.15) is 59.3 Å². The minimum Gasteiger partial charge on any atom is -0.329 e. The van der Waals surface area contributed by atoms with Crippen LogP contribution in [-0.4, -0.2) is 54.6 Å². The summed E-state index contributed by atoms with van der Waals surface area (Å²) >= 11 is 0. The van der Waals surface area contributed by atoms with Crippen LogP contribution < -0.4 is 5.73 Å². The van der Waals surface area contributed by atoms with E-state index in [1.807, 2.05) is 0 Å². The Balaban J connectivity index is 1.93. The molecule has 21 heavy (non-hydrogen) atoms. The zero-order valence-corrected chi connectivity index (χ0v) is 14.6. The highest BCUT2D eigenvalue weighted by molar-refractivity contribution is 4.97. The van der Waals surface area contributed by atoms with Crippen molar-refractivity contribution in [3.63, 3.8) is 0 Å². The van der Waals surface area contributed by atoms with Gasteiger partial charge in [-0.2, -0.15) is 0 Å². The lowest BCUT2D eigenvalue weighted by Crippen LogP contribution is -2.59. The lowest BCUT2D eigenvalue weighted by atomic mass is 9.85. The summed E-state index contributed by atoms with van der Waals surface area (Å²) in [6.07, 6.45) is 8.07. The van der Waals surface area contributed by atoms with Crippen LogP contribution in [0.15, 0.2) is 0 Å². The molecule has 3 heteroatoms. The van der Waals surface area contributed by atoms with Crippen LogP contribution in [-0.2, 0) is 0 Å². The Kier molecular flexibility index (Phi) is 6.51. The van der Waals surface area contributed by atoms with Gasteiger partial charge in [0.2, 0.25) is 0 Å². The standard InChI is InChI=1S/C18H37N3/c1-4-17-6-5-10-21(11-7-17)18(15-19)8-12-20(13-9-18)14-16(2)3/h16-17H,4-15,19H2,1-3H3. The zero-order chi connectivity index (χ0) is 15.3. The molecule has 0 aliphatic carbocycles. The van der Waals surface area contributed by atoms with Gasteiger partial charge in [0.25, 0.3) is 0 Å². The summed E-state index contributed by atoms with van der Waals surface area (Å²) in [5, 5.41) is 0. The smallest absolute Gasteiger partial charge is 0.0356 e. The highest BCUT2D eigenvalue weighted by atomic mass is 15.2. The summed E-state index contributed by atoms with van der Waals surface area (Å²) < 4.78 is 0. The number of piperidine rings is 1. The first-order valence-electron chi connectivity index (χ1n) is 9.27. The molecule has 2 fully saturated rings. The number of nitrogens with two attached hydrogens (primary N) is 1. The number of rotatable bonds is 5. The molecular formula is C18H37N3. The molecule has 3 nitrogen and oxygen atoms in total. The molecule has 0 bridgehead atoms. The van der Waals surface area contributed by atoms with Crippen molar-refractivity contribution in [3.05, 3.63) is 0 Å². The molecule has 0 aromatic rings. The molecule has 0 saturated carbocycles. The third kappa shape index (κ3) is 4.43. The number of likely N-dealkylation sites (tertiary alicyclic amines) is 2. The molecule has 0 amide bonds. The number of hydrogen-bond donors (Lipinski definition) is 1. The Bertz CT molecular complexity index is 295. The van der Waals surface area contributed by atoms with Gasteiger partial charge in [0, 0.05) is 18.6 Å². The van der Waals surface area contributed by atoms with Gasteiger partial charge in [-0.15, -0.1) is 0 Å². The summed E-state index contributed by atoms with van der Waals surface area (Å²) in [5.74, 6) is 1.73. The second-order valence-corrected chi connectivity index (χ2v) is 7.82. The third-order valence-electron chi connectivity index (χ3n) is 5.89. The van der Waals surface area contributed by atoms with Gasteiger partial charge in [0.15, 0.2) is 0 Å². The minimum atomic E-state index is 0.302. The van der Waals surface area contributed by atoms with Crippen molar-refractivity contribution in [1.29, 1.82) is 0 Å². The van der Waals surface area contributed by atoms with Crippen LogP contribution in [0.2, 0.25) is 0 Å². The molecule has 0 aromatic carbocycles. The van der Waals surface area contributed by atoms with Gasteiger partial charge in [0.1, 0.15) is 0 Å². The summed E-state index contributed by atoms with van der Waals surface area (Å²) in [5.41, 5.74) is 6.58. The Morgan fingerprint density at radius 2 is 1.81 bits per heavy atom. The van der Waals surface area contributed by atoms with Crippen LogP contribution >= 0.6 is 0 Å². The zero-order valence-electron chi connectivity index (χ0n) is 14.6. The van der Waals surface area contributed by atoms with Gasteiger partial charge in [-0.25, -0.2) is 0 Å². The van der Waals surface area contributed by atoms with Crippen LogP contribution in [0, 0.1) is 11.8 Å². The summed E-state index contributed by atoms with van der Waals surface area (Å²) in [7, 11) is 0. The molecule has 2 aliphatic heterocycles. The average molecular weight is 296 g/mol. The molecule has 0 radical (unpaired) electrons. The molecule has 0 aromatic heterocycles. The topological polar surface area (TPSA) is 32.5 Å². The van der Waals surface area contributed by atoms with E-state index in [2.05, 4.69) is 30.6 Å². The molecule has 0 spiro atoms. The van der Waals surface area contributed by atoms with E-state index < -0.39 is 0 Å². The van der Waals surface area contributed by atoms with E-state index in [9.17, 15) is 0 Å². The first-order chi connectivity index (χ1) is 10.1. The van der Waals surface area contributed by atoms with Gasteiger partial charge in [-0.3, -0.25) is 4.90 Å². The Morgan fingerprint density at radius 3 is 2.38 bits per heavy atom. The third-order valence-corrected chi connectivity index (χ3v) is 5.89. The highest BCUT2D eigenvalue weighted by Gasteiger charge is 2.39. The molecule has 2 N–H and O–H groups in total. The fourth-order valence-corrected chi connectivity index (χ4v) is 4.37. The largest absolute Gasteiger partial charge is 0.329 e. The Morgan fingerprint density at radius 1 is 1.10 bits per heavy atom. The summed E-state index contributed by atoms with van der Waals surface area (Å²) in [4.78, 5) is 5.42. The molecular weight excluding hydrogens is 258 g/mol. The Labute approximate surface area is 132 Å². The van der Waals surface area contributed by atoms with Crippen molar-refractivity contribution in [2.45, 2.75) is 64.8 Å². The van der Waals surface area contributed by atoms with E-state index in [1.54, 1.807) is 0 Å². The molecule has 1 unspecified atom stereocenters. The second-order valence-electron chi connectivity index (χ2n) is 7.82. The molecule has 1 atom stereocenters. The first kappa shape index (κ1) is 17.2. The molecule has 2 heterocycles. The van der Waals surface area contributed by atoms with E-state index in [1.165, 1.54) is 71.2 Å². The number of nitrogens with zero attached hydrogens (tertiary/aromatic N) is 2. The van der Waals surface area contributed by atoms with Gasteiger partial charge in [-0.05, 0) is 70.1 Å². The average Bonchev–Trinajstić information content (AvgIpc) is 2.73. The predicted molar refractivity (Wildman–Crippen MR) is 91.5 cm³/mol. The normalized spacial score (nSPS) is 28.7. The van der Waals surface area contributed by atoms with E-state index in [4.69, 9.17) is 5.73 Å². The SMILES string of the molecule is CCC1CCCN(C2(CN)CCN(CC(C)C)CC2)CC1. The molecule has 2 rings (SSSR count). The van der Waals surface area contributed by atoms with Crippen molar-refractivity contribution in [1.82, 2.24) is 9.80 Å². The highest BCUT2D eigenvalue weighted by Crippen LogP contribution is 2.32. The van der Waals surface area contributed by atoms with Crippen molar-refractivity contribution < 1.29 is 0 Å². The fourth-order valence-electron chi connectivity index (χ4n) is 4.37. The summed E-state index contributed by atoms with van der Waals surface area (Å²) in [6, 6.07) is 0. The maximum atomic E-state index is 6.27. The van der Waals surface area contributed by atoms with Gasteiger partial charge in [0.05, 0.1) is 0 Å². The van der Waals surface area contributed by atoms with Crippen molar-refractivity contribution in [2.24, 2.45) is 17.6 Å². The fraction of sp³-hybridized carbons (Fsp3) is 1.00. The van der Waals surface area contributed by atoms with E-state index >= 15 is 0 Å². The second kappa shape index (κ2) is 7.94. The van der Waals surface area contributed by atoms with Crippen LogP contribution in [0.5, 0.6) is 0 Å². The van der Waals surface area contributed by atoms with Crippen molar-refractivity contribution >= 4 is 0 Å². The lowest BCUT2D eigenvalue weighted by molar-refractivity contribution is 0.0251. The summed E-state index contributed by atoms with van der Waals surface area (Å²) in [6.45, 7) is 14.1. The molecule has 2 aliphatic rings. The maximum absolute atomic E-state index is 6.27. The Hall–Kier alpha value is -0.120. The molecule has 2 saturated heterocycles. The maximum Gasteiger partial charge on any atom is 0.0356 e. The monoisotopic (exact) mass is 295 g/mol. The van der Waals surface area contributed by atoms with E-state index in [0.29, 0.717) is 5.54 Å². The minimum absolute atomic E-state index is 0.302. The van der Waals surface area contributed by atoms with Crippen LogP contribution in [0.4, 0.5) is 0 Å². The van der Waals surface area contributed by atoms with E-state index in [-0.39, 0.29) is 0 Å². The van der Waals surface area contributed by atoms with Crippen LogP contribution in [0.3, 0.4) is 0 Å². The van der Waals surface area contributed by atoms with Crippen molar-refractivity contribution in [2.75, 3.05) is 39.3 Å². The molecule has 124 valence electrons. The predicted octanol–water partition coefficient (Wildman–Crippen LogP) is 2.95. The lowest BCUT2D eigenvalue weighted by Gasteiger charge is -2.48. The van der Waals surface area contributed by atoms with Gasteiger partial charge < -0.3 is 10.6 Å². The van der Waals surface area contributed by atoms with Gasteiger partial charge >= 0.3 is 0 Å².